The van der Waals surface area contributed by atoms with Gasteiger partial charge in [0.25, 0.3) is 0 Å². The molecule has 9 heteroatoms. The van der Waals surface area contributed by atoms with Crippen molar-refractivity contribution in [1.82, 2.24) is 4.72 Å². The zero-order valence-corrected chi connectivity index (χ0v) is 17.1. The third-order valence-electron chi connectivity index (χ3n) is 4.57. The number of hydrogen-bond donors (Lipinski definition) is 1. The molecule has 1 amide bonds. The average molecular weight is 425 g/mol. The Bertz CT molecular complexity index is 963. The first-order valence-electron chi connectivity index (χ1n) is 8.61. The maximum Gasteiger partial charge on any atom is 0.240 e. The summed E-state index contributed by atoms with van der Waals surface area (Å²) in [6, 6.07) is 11.4. The molecule has 0 aromatic heterocycles. The second-order valence-electron chi connectivity index (χ2n) is 6.42. The van der Waals surface area contributed by atoms with Gasteiger partial charge >= 0.3 is 0 Å². The van der Waals surface area contributed by atoms with Gasteiger partial charge in [-0.15, -0.1) is 0 Å². The lowest BCUT2D eigenvalue weighted by Gasteiger charge is -2.17. The quantitative estimate of drug-likeness (QED) is 0.738. The van der Waals surface area contributed by atoms with Gasteiger partial charge in [0.2, 0.25) is 15.9 Å². The molecule has 0 radical (unpaired) electrons. The van der Waals surface area contributed by atoms with Gasteiger partial charge < -0.3 is 14.4 Å². The molecule has 1 heterocycles. The Morgan fingerprint density at radius 2 is 1.79 bits per heavy atom. The van der Waals surface area contributed by atoms with E-state index in [9.17, 15) is 13.2 Å². The molecule has 2 aromatic carbocycles. The number of carbonyl (C=O) groups excluding carboxylic acids is 1. The highest BCUT2D eigenvalue weighted by Crippen LogP contribution is 2.30. The van der Waals surface area contributed by atoms with Gasteiger partial charge in [-0.2, -0.15) is 0 Å². The fraction of sp³-hybridized carbons (Fsp3) is 0.316. The molecule has 1 N–H and O–H groups in total. The number of rotatable bonds is 7. The first-order valence-corrected chi connectivity index (χ1v) is 10.5. The van der Waals surface area contributed by atoms with E-state index in [0.29, 0.717) is 23.1 Å². The maximum atomic E-state index is 12.6. The largest absolute Gasteiger partial charge is 0.493 e. The Morgan fingerprint density at radius 1 is 1.11 bits per heavy atom. The summed E-state index contributed by atoms with van der Waals surface area (Å²) in [4.78, 5) is 14.0. The fourth-order valence-electron chi connectivity index (χ4n) is 3.08. The highest BCUT2D eigenvalue weighted by molar-refractivity contribution is 7.89. The van der Waals surface area contributed by atoms with Gasteiger partial charge in [-0.3, -0.25) is 4.79 Å². The number of carbonyl (C=O) groups is 1. The molecule has 0 saturated carbocycles. The van der Waals surface area contributed by atoms with Crippen LogP contribution in [0.25, 0.3) is 0 Å². The second kappa shape index (κ2) is 8.38. The Morgan fingerprint density at radius 3 is 2.43 bits per heavy atom. The molecule has 28 heavy (non-hydrogen) atoms. The number of methoxy groups -OCH3 is 2. The molecule has 150 valence electrons. The van der Waals surface area contributed by atoms with Crippen LogP contribution in [0.15, 0.2) is 47.4 Å². The SMILES string of the molecule is COc1ccc(S(=O)(=O)NCC2CC(=O)N(c3ccc(Cl)cc3)C2)cc1OC. The smallest absolute Gasteiger partial charge is 0.240 e. The van der Waals surface area contributed by atoms with Gasteiger partial charge in [0.05, 0.1) is 19.1 Å². The van der Waals surface area contributed by atoms with E-state index in [2.05, 4.69) is 4.72 Å². The van der Waals surface area contributed by atoms with Gasteiger partial charge in [0.15, 0.2) is 11.5 Å². The van der Waals surface area contributed by atoms with E-state index in [4.69, 9.17) is 21.1 Å². The first kappa shape index (κ1) is 20.4. The molecule has 0 spiro atoms. The van der Waals surface area contributed by atoms with Crippen LogP contribution in [-0.4, -0.2) is 41.6 Å². The van der Waals surface area contributed by atoms with Gasteiger partial charge in [-0.25, -0.2) is 13.1 Å². The number of hydrogen-bond acceptors (Lipinski definition) is 5. The average Bonchev–Trinajstić information content (AvgIpc) is 3.07. The third-order valence-corrected chi connectivity index (χ3v) is 6.24. The van der Waals surface area contributed by atoms with Gasteiger partial charge in [-0.1, -0.05) is 11.6 Å². The van der Waals surface area contributed by atoms with Crippen LogP contribution < -0.4 is 19.1 Å². The van der Waals surface area contributed by atoms with Crippen molar-refractivity contribution in [3.8, 4) is 11.5 Å². The molecule has 3 rings (SSSR count). The summed E-state index contributed by atoms with van der Waals surface area (Å²) in [5.74, 6) is 0.604. The summed E-state index contributed by atoms with van der Waals surface area (Å²) in [7, 11) is -0.822. The van der Waals surface area contributed by atoms with Crippen molar-refractivity contribution < 1.29 is 22.7 Å². The molecule has 0 aliphatic carbocycles. The number of nitrogens with one attached hydrogen (secondary N) is 1. The number of anilines is 1. The Hall–Kier alpha value is -2.29. The summed E-state index contributed by atoms with van der Waals surface area (Å²) in [6.45, 7) is 0.599. The van der Waals surface area contributed by atoms with E-state index in [1.165, 1.54) is 32.4 Å². The summed E-state index contributed by atoms with van der Waals surface area (Å²) in [6.07, 6.45) is 0.275. The van der Waals surface area contributed by atoms with Gasteiger partial charge in [0.1, 0.15) is 0 Å². The fourth-order valence-corrected chi connectivity index (χ4v) is 4.34. The van der Waals surface area contributed by atoms with Crippen molar-refractivity contribution >= 4 is 33.2 Å². The second-order valence-corrected chi connectivity index (χ2v) is 8.62. The topological polar surface area (TPSA) is 84.9 Å². The summed E-state index contributed by atoms with van der Waals surface area (Å²) in [5, 5.41) is 0.592. The number of nitrogens with zero attached hydrogens (tertiary/aromatic N) is 1. The number of halogens is 1. The lowest BCUT2D eigenvalue weighted by Crippen LogP contribution is -2.31. The molecule has 0 bridgehead atoms. The normalized spacial score (nSPS) is 17.0. The summed E-state index contributed by atoms with van der Waals surface area (Å²) in [5.41, 5.74) is 0.750. The zero-order chi connectivity index (χ0) is 20.3. The Labute approximate surface area is 169 Å². The van der Waals surface area contributed by atoms with Crippen LogP contribution in [0.3, 0.4) is 0 Å². The monoisotopic (exact) mass is 424 g/mol. The molecule has 1 aliphatic rings. The van der Waals surface area contributed by atoms with Crippen molar-refractivity contribution in [3.05, 3.63) is 47.5 Å². The molecule has 1 fully saturated rings. The molecular weight excluding hydrogens is 404 g/mol. The standard InChI is InChI=1S/C19H21ClN2O5S/c1-26-17-8-7-16(10-18(17)27-2)28(24,25)21-11-13-9-19(23)22(12-13)15-5-3-14(20)4-6-15/h3-8,10,13,21H,9,11-12H2,1-2H3. The number of sulfonamides is 1. The summed E-state index contributed by atoms with van der Waals surface area (Å²) >= 11 is 5.89. The van der Waals surface area contributed by atoms with Crippen LogP contribution in [0.2, 0.25) is 5.02 Å². The van der Waals surface area contributed by atoms with E-state index in [0.717, 1.165) is 5.69 Å². The third kappa shape index (κ3) is 4.40. The molecule has 1 aliphatic heterocycles. The van der Waals surface area contributed by atoms with Crippen LogP contribution in [-0.2, 0) is 14.8 Å². The predicted octanol–water partition coefficient (Wildman–Crippen LogP) is 2.69. The minimum Gasteiger partial charge on any atom is -0.493 e. The molecule has 1 atom stereocenters. The van der Waals surface area contributed by atoms with E-state index in [1.54, 1.807) is 29.2 Å². The van der Waals surface area contributed by atoms with Crippen LogP contribution >= 0.6 is 11.6 Å². The number of ether oxygens (including phenoxy) is 2. The van der Waals surface area contributed by atoms with Crippen molar-refractivity contribution in [2.75, 3.05) is 32.2 Å². The number of amides is 1. The molecule has 2 aromatic rings. The number of benzene rings is 2. The van der Waals surface area contributed by atoms with Crippen molar-refractivity contribution in [1.29, 1.82) is 0 Å². The van der Waals surface area contributed by atoms with Crippen LogP contribution in [0.4, 0.5) is 5.69 Å². The lowest BCUT2D eigenvalue weighted by molar-refractivity contribution is -0.117. The summed E-state index contributed by atoms with van der Waals surface area (Å²) < 4.78 is 38.1. The maximum absolute atomic E-state index is 12.6. The Kier molecular flexibility index (Phi) is 6.12. The van der Waals surface area contributed by atoms with E-state index < -0.39 is 10.0 Å². The van der Waals surface area contributed by atoms with Crippen LogP contribution in [0.1, 0.15) is 6.42 Å². The van der Waals surface area contributed by atoms with Crippen molar-refractivity contribution in [2.45, 2.75) is 11.3 Å². The zero-order valence-electron chi connectivity index (χ0n) is 15.5. The minimum absolute atomic E-state index is 0.0439. The minimum atomic E-state index is -3.74. The molecule has 1 saturated heterocycles. The van der Waals surface area contributed by atoms with Crippen molar-refractivity contribution in [2.24, 2.45) is 5.92 Å². The molecule has 7 nitrogen and oxygen atoms in total. The predicted molar refractivity (Wildman–Crippen MR) is 107 cm³/mol. The Balaban J connectivity index is 1.66. The molecule has 1 unspecified atom stereocenters. The highest BCUT2D eigenvalue weighted by atomic mass is 35.5. The van der Waals surface area contributed by atoms with E-state index >= 15 is 0 Å². The van der Waals surface area contributed by atoms with Crippen LogP contribution in [0.5, 0.6) is 11.5 Å². The van der Waals surface area contributed by atoms with Gasteiger partial charge in [-0.05, 0) is 42.3 Å². The van der Waals surface area contributed by atoms with Gasteiger partial charge in [0, 0.05) is 36.3 Å². The first-order chi connectivity index (χ1) is 13.3. The highest BCUT2D eigenvalue weighted by Gasteiger charge is 2.31. The lowest BCUT2D eigenvalue weighted by atomic mass is 10.1. The van der Waals surface area contributed by atoms with E-state index in [1.807, 2.05) is 0 Å². The van der Waals surface area contributed by atoms with E-state index in [-0.39, 0.29) is 29.7 Å². The molecular formula is C19H21ClN2O5S. The van der Waals surface area contributed by atoms with Crippen molar-refractivity contribution in [3.63, 3.8) is 0 Å². The van der Waals surface area contributed by atoms with Crippen LogP contribution in [0, 0.1) is 5.92 Å².